The van der Waals surface area contributed by atoms with E-state index >= 15 is 0 Å². The van der Waals surface area contributed by atoms with Gasteiger partial charge in [-0.25, -0.2) is 4.98 Å². The third-order valence-corrected chi connectivity index (χ3v) is 3.52. The molecule has 1 aliphatic heterocycles. The lowest BCUT2D eigenvalue weighted by Gasteiger charge is -2.38. The molecule has 1 aliphatic rings. The predicted molar refractivity (Wildman–Crippen MR) is 69.8 cm³/mol. The van der Waals surface area contributed by atoms with Gasteiger partial charge in [0.05, 0.1) is 0 Å². The predicted octanol–water partition coefficient (Wildman–Crippen LogP) is 0.619. The normalized spacial score (nSPS) is 24.7. The summed E-state index contributed by atoms with van der Waals surface area (Å²) in [5.74, 6) is 1.82. The second-order valence-corrected chi connectivity index (χ2v) is 5.00. The van der Waals surface area contributed by atoms with Crippen molar-refractivity contribution in [2.45, 2.75) is 32.9 Å². The average Bonchev–Trinajstić information content (AvgIpc) is 2.75. The number of hydrogen-bond donors (Lipinski definition) is 1. The Bertz CT molecular complexity index is 563. The van der Waals surface area contributed by atoms with Gasteiger partial charge in [-0.3, -0.25) is 4.40 Å². The molecule has 1 fully saturated rings. The second kappa shape index (κ2) is 4.20. The standard InChI is InChI=1S/C12H18N6/c1-8-7-18(9(2)6-14-8)11-12-16-15-10(3)17(12)5-4-13-11/h4-5,8-9,14H,6-7H2,1-3H3. The molecule has 18 heavy (non-hydrogen) atoms. The first kappa shape index (κ1) is 11.4. The molecular formula is C12H18N6. The van der Waals surface area contributed by atoms with Crippen molar-refractivity contribution >= 4 is 11.5 Å². The van der Waals surface area contributed by atoms with Crippen LogP contribution in [0, 0.1) is 6.92 Å². The molecule has 3 heterocycles. The van der Waals surface area contributed by atoms with Gasteiger partial charge in [-0.15, -0.1) is 10.2 Å². The summed E-state index contributed by atoms with van der Waals surface area (Å²) in [6, 6.07) is 0.879. The van der Waals surface area contributed by atoms with Gasteiger partial charge in [-0.05, 0) is 20.8 Å². The van der Waals surface area contributed by atoms with Crippen LogP contribution in [-0.2, 0) is 0 Å². The van der Waals surface area contributed by atoms with E-state index in [9.17, 15) is 0 Å². The molecule has 96 valence electrons. The van der Waals surface area contributed by atoms with E-state index in [0.29, 0.717) is 12.1 Å². The van der Waals surface area contributed by atoms with Gasteiger partial charge in [0.2, 0.25) is 5.65 Å². The van der Waals surface area contributed by atoms with Crippen molar-refractivity contribution in [3.8, 4) is 0 Å². The van der Waals surface area contributed by atoms with Gasteiger partial charge in [-0.2, -0.15) is 0 Å². The van der Waals surface area contributed by atoms with Gasteiger partial charge in [0.15, 0.2) is 5.82 Å². The zero-order valence-corrected chi connectivity index (χ0v) is 11.0. The van der Waals surface area contributed by atoms with E-state index in [1.165, 1.54) is 0 Å². The lowest BCUT2D eigenvalue weighted by Crippen LogP contribution is -2.54. The first-order chi connectivity index (χ1) is 8.66. The van der Waals surface area contributed by atoms with Gasteiger partial charge in [0.1, 0.15) is 5.82 Å². The quantitative estimate of drug-likeness (QED) is 0.799. The summed E-state index contributed by atoms with van der Waals surface area (Å²) in [4.78, 5) is 6.81. The Labute approximate surface area is 106 Å². The Morgan fingerprint density at radius 3 is 3.00 bits per heavy atom. The van der Waals surface area contributed by atoms with Gasteiger partial charge < -0.3 is 10.2 Å². The van der Waals surface area contributed by atoms with E-state index in [4.69, 9.17) is 0 Å². The van der Waals surface area contributed by atoms with Crippen LogP contribution in [0.2, 0.25) is 0 Å². The van der Waals surface area contributed by atoms with E-state index < -0.39 is 0 Å². The molecule has 2 aromatic heterocycles. The maximum absolute atomic E-state index is 4.50. The first-order valence-corrected chi connectivity index (χ1v) is 6.33. The second-order valence-electron chi connectivity index (χ2n) is 5.00. The lowest BCUT2D eigenvalue weighted by atomic mass is 10.1. The smallest absolute Gasteiger partial charge is 0.203 e. The monoisotopic (exact) mass is 246 g/mol. The van der Waals surface area contributed by atoms with Crippen LogP contribution in [-0.4, -0.2) is 44.8 Å². The highest BCUT2D eigenvalue weighted by Gasteiger charge is 2.25. The molecule has 0 bridgehead atoms. The van der Waals surface area contributed by atoms with Gasteiger partial charge in [0.25, 0.3) is 0 Å². The van der Waals surface area contributed by atoms with Crippen LogP contribution in [0.25, 0.3) is 5.65 Å². The van der Waals surface area contributed by atoms with Crippen molar-refractivity contribution in [3.63, 3.8) is 0 Å². The third-order valence-electron chi connectivity index (χ3n) is 3.52. The zero-order valence-electron chi connectivity index (χ0n) is 11.0. The van der Waals surface area contributed by atoms with E-state index in [0.717, 1.165) is 30.4 Å². The molecule has 2 unspecified atom stereocenters. The van der Waals surface area contributed by atoms with Crippen molar-refractivity contribution in [2.24, 2.45) is 0 Å². The minimum Gasteiger partial charge on any atom is -0.348 e. The summed E-state index contributed by atoms with van der Waals surface area (Å²) >= 11 is 0. The number of hydrogen-bond acceptors (Lipinski definition) is 5. The lowest BCUT2D eigenvalue weighted by molar-refractivity contribution is 0.423. The highest BCUT2D eigenvalue weighted by Crippen LogP contribution is 2.21. The Balaban J connectivity index is 2.07. The minimum atomic E-state index is 0.414. The maximum Gasteiger partial charge on any atom is 0.203 e. The van der Waals surface area contributed by atoms with Crippen molar-refractivity contribution in [1.29, 1.82) is 0 Å². The van der Waals surface area contributed by atoms with E-state index in [2.05, 4.69) is 39.2 Å². The average molecular weight is 246 g/mol. The maximum atomic E-state index is 4.50. The number of fused-ring (bicyclic) bond motifs is 1. The largest absolute Gasteiger partial charge is 0.348 e. The van der Waals surface area contributed by atoms with Crippen LogP contribution in [0.5, 0.6) is 0 Å². The number of aromatic nitrogens is 4. The fourth-order valence-electron chi connectivity index (χ4n) is 2.45. The summed E-state index contributed by atoms with van der Waals surface area (Å²) in [6.07, 6.45) is 3.72. The number of nitrogens with zero attached hydrogens (tertiary/aromatic N) is 5. The fraction of sp³-hybridized carbons (Fsp3) is 0.583. The topological polar surface area (TPSA) is 58.4 Å². The van der Waals surface area contributed by atoms with Crippen LogP contribution in [0.15, 0.2) is 12.4 Å². The van der Waals surface area contributed by atoms with Gasteiger partial charge in [0, 0.05) is 37.6 Å². The number of aryl methyl sites for hydroxylation is 1. The number of piperazine rings is 1. The Hall–Kier alpha value is -1.69. The third kappa shape index (κ3) is 1.73. The molecule has 2 atom stereocenters. The fourth-order valence-corrected chi connectivity index (χ4v) is 2.45. The summed E-state index contributed by atoms with van der Waals surface area (Å²) in [6.45, 7) is 8.26. The highest BCUT2D eigenvalue weighted by atomic mass is 15.3. The Morgan fingerprint density at radius 1 is 1.33 bits per heavy atom. The molecule has 0 saturated carbocycles. The van der Waals surface area contributed by atoms with Crippen LogP contribution in [0.4, 0.5) is 5.82 Å². The first-order valence-electron chi connectivity index (χ1n) is 6.33. The molecule has 0 aromatic carbocycles. The number of anilines is 1. The van der Waals surface area contributed by atoms with E-state index in [1.807, 2.05) is 23.7 Å². The molecule has 0 radical (unpaired) electrons. The number of nitrogens with one attached hydrogen (secondary N) is 1. The van der Waals surface area contributed by atoms with Crippen molar-refractivity contribution < 1.29 is 0 Å². The summed E-state index contributed by atoms with van der Waals surface area (Å²) in [7, 11) is 0. The summed E-state index contributed by atoms with van der Waals surface area (Å²) < 4.78 is 1.99. The molecule has 6 heteroatoms. The summed E-state index contributed by atoms with van der Waals surface area (Å²) in [5.41, 5.74) is 0.843. The van der Waals surface area contributed by atoms with Crippen molar-refractivity contribution in [3.05, 3.63) is 18.2 Å². The molecule has 0 aliphatic carbocycles. The van der Waals surface area contributed by atoms with Crippen LogP contribution in [0.3, 0.4) is 0 Å². The molecule has 1 saturated heterocycles. The van der Waals surface area contributed by atoms with Crippen LogP contribution < -0.4 is 10.2 Å². The van der Waals surface area contributed by atoms with Gasteiger partial charge in [-0.1, -0.05) is 0 Å². The SMILES string of the molecule is Cc1nnc2c(N3CC(C)NCC3C)nccn12. The zero-order chi connectivity index (χ0) is 12.7. The Kier molecular flexibility index (Phi) is 2.66. The van der Waals surface area contributed by atoms with E-state index in [-0.39, 0.29) is 0 Å². The molecule has 2 aromatic rings. The van der Waals surface area contributed by atoms with Crippen molar-refractivity contribution in [2.75, 3.05) is 18.0 Å². The summed E-state index contributed by atoms with van der Waals surface area (Å²) in [5, 5.41) is 11.8. The van der Waals surface area contributed by atoms with Crippen LogP contribution in [0.1, 0.15) is 19.7 Å². The molecule has 1 N–H and O–H groups in total. The number of rotatable bonds is 1. The molecular weight excluding hydrogens is 228 g/mol. The molecule has 0 amide bonds. The molecule has 3 rings (SSSR count). The Morgan fingerprint density at radius 2 is 2.17 bits per heavy atom. The van der Waals surface area contributed by atoms with E-state index in [1.54, 1.807) is 0 Å². The minimum absolute atomic E-state index is 0.414. The van der Waals surface area contributed by atoms with Crippen LogP contribution >= 0.6 is 0 Å². The van der Waals surface area contributed by atoms with Gasteiger partial charge >= 0.3 is 0 Å². The molecule has 6 nitrogen and oxygen atoms in total. The van der Waals surface area contributed by atoms with Crippen molar-refractivity contribution in [1.82, 2.24) is 24.9 Å². The molecule has 0 spiro atoms. The highest BCUT2D eigenvalue weighted by molar-refractivity contribution is 5.64.